The van der Waals surface area contributed by atoms with Gasteiger partial charge in [0.15, 0.2) is 0 Å². The van der Waals surface area contributed by atoms with E-state index >= 15 is 0 Å². The summed E-state index contributed by atoms with van der Waals surface area (Å²) in [6.45, 7) is 15.6. The highest BCUT2D eigenvalue weighted by molar-refractivity contribution is 4.82. The Hall–Kier alpha value is -0.120. The molecular weight excluding hydrogens is 224 g/mol. The number of hydrogen-bond acceptors (Lipinski definition) is 3. The van der Waals surface area contributed by atoms with Crippen LogP contribution in [0.5, 0.6) is 0 Å². The maximum Gasteiger partial charge on any atom is 0.0489 e. The van der Waals surface area contributed by atoms with E-state index in [9.17, 15) is 0 Å². The summed E-state index contributed by atoms with van der Waals surface area (Å²) >= 11 is 0. The number of ether oxygens (including phenoxy) is 1. The minimum atomic E-state index is 0.654. The summed E-state index contributed by atoms with van der Waals surface area (Å²) < 4.78 is 5.63. The molecule has 1 aliphatic rings. The van der Waals surface area contributed by atoms with Crippen LogP contribution in [0.3, 0.4) is 0 Å². The van der Waals surface area contributed by atoms with Crippen LogP contribution < -0.4 is 5.32 Å². The lowest BCUT2D eigenvalue weighted by molar-refractivity contribution is 0.0884. The van der Waals surface area contributed by atoms with Gasteiger partial charge >= 0.3 is 0 Å². The number of nitrogens with one attached hydrogen (secondary N) is 1. The second kappa shape index (κ2) is 8.89. The van der Waals surface area contributed by atoms with Gasteiger partial charge in [-0.15, -0.1) is 0 Å². The Morgan fingerprint density at radius 3 is 2.78 bits per heavy atom. The lowest BCUT2D eigenvalue weighted by Gasteiger charge is -2.37. The molecule has 1 saturated heterocycles. The number of hydrogen-bond donors (Lipinski definition) is 1. The van der Waals surface area contributed by atoms with Gasteiger partial charge in [-0.3, -0.25) is 0 Å². The monoisotopic (exact) mass is 256 g/mol. The predicted octanol–water partition coefficient (Wildman–Crippen LogP) is 2.37. The molecule has 18 heavy (non-hydrogen) atoms. The Bertz CT molecular complexity index is 209. The normalized spacial score (nSPS) is 25.8. The number of rotatable bonds is 8. The second-order valence-electron chi connectivity index (χ2n) is 6.05. The number of likely N-dealkylation sites (tertiary alicyclic amines) is 1. The molecule has 1 heterocycles. The summed E-state index contributed by atoms with van der Waals surface area (Å²) in [4.78, 5) is 2.59. The summed E-state index contributed by atoms with van der Waals surface area (Å²) in [6, 6.07) is 0.725. The van der Waals surface area contributed by atoms with Crippen molar-refractivity contribution in [2.45, 2.75) is 46.6 Å². The van der Waals surface area contributed by atoms with E-state index in [0.29, 0.717) is 5.92 Å². The van der Waals surface area contributed by atoms with Gasteiger partial charge in [0, 0.05) is 32.3 Å². The molecule has 0 aromatic rings. The molecule has 0 amide bonds. The van der Waals surface area contributed by atoms with Gasteiger partial charge in [0.1, 0.15) is 0 Å². The van der Waals surface area contributed by atoms with E-state index in [1.165, 1.54) is 32.5 Å². The minimum Gasteiger partial charge on any atom is -0.381 e. The zero-order chi connectivity index (χ0) is 13.4. The molecule has 0 aliphatic carbocycles. The Morgan fingerprint density at radius 1 is 1.39 bits per heavy atom. The topological polar surface area (TPSA) is 24.5 Å². The van der Waals surface area contributed by atoms with Crippen molar-refractivity contribution in [3.63, 3.8) is 0 Å². The zero-order valence-electron chi connectivity index (χ0n) is 12.7. The molecule has 3 nitrogen and oxygen atoms in total. The van der Waals surface area contributed by atoms with E-state index in [0.717, 1.165) is 31.7 Å². The van der Waals surface area contributed by atoms with Gasteiger partial charge in [0.2, 0.25) is 0 Å². The molecule has 0 aromatic heterocycles. The first-order valence-corrected chi connectivity index (χ1v) is 7.67. The van der Waals surface area contributed by atoms with Crippen LogP contribution in [-0.2, 0) is 4.74 Å². The van der Waals surface area contributed by atoms with Gasteiger partial charge in [-0.1, -0.05) is 27.7 Å². The van der Waals surface area contributed by atoms with Gasteiger partial charge in [-0.25, -0.2) is 0 Å². The molecule has 108 valence electrons. The fourth-order valence-corrected chi connectivity index (χ4v) is 2.71. The SMILES string of the molecule is CCNC1CCN(CCCOCC(C)C)CC1C. The molecule has 2 unspecified atom stereocenters. The second-order valence-corrected chi connectivity index (χ2v) is 6.05. The Kier molecular flexibility index (Phi) is 7.87. The van der Waals surface area contributed by atoms with Crippen molar-refractivity contribution in [3.05, 3.63) is 0 Å². The number of piperidine rings is 1. The summed E-state index contributed by atoms with van der Waals surface area (Å²) in [6.07, 6.45) is 2.47. The first kappa shape index (κ1) is 15.9. The van der Waals surface area contributed by atoms with Crippen LogP contribution in [0.2, 0.25) is 0 Å². The third-order valence-corrected chi connectivity index (χ3v) is 3.67. The first-order chi connectivity index (χ1) is 8.63. The van der Waals surface area contributed by atoms with Crippen LogP contribution >= 0.6 is 0 Å². The molecule has 2 atom stereocenters. The van der Waals surface area contributed by atoms with Gasteiger partial charge in [0.05, 0.1) is 0 Å². The largest absolute Gasteiger partial charge is 0.381 e. The summed E-state index contributed by atoms with van der Waals surface area (Å²) in [5.41, 5.74) is 0. The van der Waals surface area contributed by atoms with Gasteiger partial charge in [-0.05, 0) is 37.8 Å². The van der Waals surface area contributed by atoms with Gasteiger partial charge in [0.25, 0.3) is 0 Å². The van der Waals surface area contributed by atoms with Crippen LogP contribution in [-0.4, -0.2) is 50.3 Å². The molecule has 1 N–H and O–H groups in total. The van der Waals surface area contributed by atoms with Crippen molar-refractivity contribution in [1.29, 1.82) is 0 Å². The smallest absolute Gasteiger partial charge is 0.0489 e. The maximum absolute atomic E-state index is 5.63. The van der Waals surface area contributed by atoms with Crippen LogP contribution in [0.15, 0.2) is 0 Å². The molecule has 1 fully saturated rings. The predicted molar refractivity (Wildman–Crippen MR) is 78.0 cm³/mol. The van der Waals surface area contributed by atoms with Crippen molar-refractivity contribution >= 4 is 0 Å². The lowest BCUT2D eigenvalue weighted by Crippen LogP contribution is -2.48. The Morgan fingerprint density at radius 2 is 2.17 bits per heavy atom. The van der Waals surface area contributed by atoms with Gasteiger partial charge < -0.3 is 15.0 Å². The summed E-state index contributed by atoms with van der Waals surface area (Å²) in [5, 5.41) is 3.59. The van der Waals surface area contributed by atoms with Crippen molar-refractivity contribution in [1.82, 2.24) is 10.2 Å². The summed E-state index contributed by atoms with van der Waals surface area (Å²) in [7, 11) is 0. The molecule has 0 bridgehead atoms. The quantitative estimate of drug-likeness (QED) is 0.675. The van der Waals surface area contributed by atoms with E-state index in [2.05, 4.69) is 37.9 Å². The Balaban J connectivity index is 2.07. The van der Waals surface area contributed by atoms with Crippen LogP contribution in [0.4, 0.5) is 0 Å². The molecular formula is C15H32N2O. The first-order valence-electron chi connectivity index (χ1n) is 7.67. The average Bonchev–Trinajstić information content (AvgIpc) is 2.32. The number of nitrogens with zero attached hydrogens (tertiary/aromatic N) is 1. The third-order valence-electron chi connectivity index (χ3n) is 3.67. The molecule has 0 saturated carbocycles. The average molecular weight is 256 g/mol. The highest BCUT2D eigenvalue weighted by Crippen LogP contribution is 2.16. The highest BCUT2D eigenvalue weighted by Gasteiger charge is 2.24. The van der Waals surface area contributed by atoms with Crippen LogP contribution in [0, 0.1) is 11.8 Å². The maximum atomic E-state index is 5.63. The minimum absolute atomic E-state index is 0.654. The molecule has 1 rings (SSSR count). The molecule has 1 aliphatic heterocycles. The summed E-state index contributed by atoms with van der Waals surface area (Å²) in [5.74, 6) is 1.43. The van der Waals surface area contributed by atoms with Crippen molar-refractivity contribution in [3.8, 4) is 0 Å². The zero-order valence-corrected chi connectivity index (χ0v) is 12.7. The van der Waals surface area contributed by atoms with Crippen LogP contribution in [0.25, 0.3) is 0 Å². The van der Waals surface area contributed by atoms with E-state index in [1.807, 2.05) is 0 Å². The van der Waals surface area contributed by atoms with E-state index < -0.39 is 0 Å². The molecule has 3 heteroatoms. The van der Waals surface area contributed by atoms with E-state index in [1.54, 1.807) is 0 Å². The fraction of sp³-hybridized carbons (Fsp3) is 1.00. The Labute approximate surface area is 113 Å². The van der Waals surface area contributed by atoms with Gasteiger partial charge in [-0.2, -0.15) is 0 Å². The third kappa shape index (κ3) is 6.17. The van der Waals surface area contributed by atoms with Crippen molar-refractivity contribution < 1.29 is 4.74 Å². The van der Waals surface area contributed by atoms with E-state index in [-0.39, 0.29) is 0 Å². The fourth-order valence-electron chi connectivity index (χ4n) is 2.71. The molecule has 0 radical (unpaired) electrons. The molecule has 0 spiro atoms. The lowest BCUT2D eigenvalue weighted by atomic mass is 9.94. The molecule has 0 aromatic carbocycles. The standard InChI is InChI=1S/C15H32N2O/c1-5-16-15-7-9-17(11-14(15)4)8-6-10-18-12-13(2)3/h13-16H,5-12H2,1-4H3. The van der Waals surface area contributed by atoms with Crippen LogP contribution in [0.1, 0.15) is 40.5 Å². The van der Waals surface area contributed by atoms with Crippen molar-refractivity contribution in [2.75, 3.05) is 39.4 Å². The highest BCUT2D eigenvalue weighted by atomic mass is 16.5. The van der Waals surface area contributed by atoms with E-state index in [4.69, 9.17) is 4.74 Å². The van der Waals surface area contributed by atoms with Crippen molar-refractivity contribution in [2.24, 2.45) is 11.8 Å².